The molecule has 0 saturated heterocycles. The summed E-state index contributed by atoms with van der Waals surface area (Å²) in [4.78, 5) is 4.31. The molecule has 5 nitrogen and oxygen atoms in total. The minimum Gasteiger partial charge on any atom is -0.379 e. The first kappa shape index (κ1) is 19.1. The zero-order chi connectivity index (χ0) is 17.2. The summed E-state index contributed by atoms with van der Waals surface area (Å²) in [6.45, 7) is 5.02. The molecule has 0 spiro atoms. The summed E-state index contributed by atoms with van der Waals surface area (Å²) in [5.41, 5.74) is 1.19. The molecule has 0 bridgehead atoms. The average Bonchev–Trinajstić information content (AvgIpc) is 2.90. The van der Waals surface area contributed by atoms with Crippen molar-refractivity contribution in [2.24, 2.45) is 7.05 Å². The van der Waals surface area contributed by atoms with Gasteiger partial charge in [0.05, 0.1) is 25.9 Å². The molecule has 0 saturated carbocycles. The lowest BCUT2D eigenvalue weighted by Gasteiger charge is -2.13. The topological polar surface area (TPSA) is 45.5 Å². The summed E-state index contributed by atoms with van der Waals surface area (Å²) in [6.07, 6.45) is 2.96. The first-order valence-electron chi connectivity index (χ1n) is 8.14. The smallest absolute Gasteiger partial charge is 0.135 e. The van der Waals surface area contributed by atoms with Crippen molar-refractivity contribution in [2.45, 2.75) is 32.7 Å². The monoisotopic (exact) mass is 396 g/mol. The molecule has 1 atom stereocenters. The molecule has 6 heteroatoms. The molecule has 1 heterocycles. The standard InChI is InChI=1S/C18H25BrN2O3/c1-15(24-13-16-6-4-3-5-7-16)8-9-22-10-11-23-14-18-20-17(19)12-21(18)2/h3-7,12,15H,8-11,13-14H2,1-2H3. The quantitative estimate of drug-likeness (QED) is 0.543. The van der Waals surface area contributed by atoms with Gasteiger partial charge in [0.2, 0.25) is 0 Å². The third-order valence-corrected chi connectivity index (χ3v) is 3.97. The molecule has 24 heavy (non-hydrogen) atoms. The summed E-state index contributed by atoms with van der Waals surface area (Å²) < 4.78 is 19.7. The average molecular weight is 397 g/mol. The van der Waals surface area contributed by atoms with Crippen molar-refractivity contribution in [1.82, 2.24) is 9.55 Å². The predicted molar refractivity (Wildman–Crippen MR) is 96.7 cm³/mol. The maximum absolute atomic E-state index is 5.80. The van der Waals surface area contributed by atoms with E-state index in [0.717, 1.165) is 16.8 Å². The Hall–Kier alpha value is -1.21. The van der Waals surface area contributed by atoms with Crippen molar-refractivity contribution < 1.29 is 14.2 Å². The Kier molecular flexibility index (Phi) is 8.45. The van der Waals surface area contributed by atoms with E-state index in [1.807, 2.05) is 36.0 Å². The van der Waals surface area contributed by atoms with Gasteiger partial charge in [0.25, 0.3) is 0 Å². The van der Waals surface area contributed by atoms with Crippen molar-refractivity contribution in [1.29, 1.82) is 0 Å². The van der Waals surface area contributed by atoms with Gasteiger partial charge in [-0.1, -0.05) is 30.3 Å². The second-order valence-electron chi connectivity index (χ2n) is 5.65. The fourth-order valence-corrected chi connectivity index (χ4v) is 2.64. The van der Waals surface area contributed by atoms with E-state index in [2.05, 4.69) is 40.0 Å². The van der Waals surface area contributed by atoms with Gasteiger partial charge in [-0.15, -0.1) is 0 Å². The number of nitrogens with zero attached hydrogens (tertiary/aromatic N) is 2. The summed E-state index contributed by atoms with van der Waals surface area (Å²) in [5, 5.41) is 0. The van der Waals surface area contributed by atoms with E-state index in [4.69, 9.17) is 14.2 Å². The van der Waals surface area contributed by atoms with Crippen LogP contribution in [-0.2, 0) is 34.5 Å². The summed E-state index contributed by atoms with van der Waals surface area (Å²) in [5.74, 6) is 0.893. The van der Waals surface area contributed by atoms with Crippen LogP contribution in [0.15, 0.2) is 41.1 Å². The van der Waals surface area contributed by atoms with Gasteiger partial charge < -0.3 is 18.8 Å². The molecule has 0 radical (unpaired) electrons. The van der Waals surface area contributed by atoms with Gasteiger partial charge in [0.1, 0.15) is 17.0 Å². The highest BCUT2D eigenvalue weighted by molar-refractivity contribution is 9.10. The maximum Gasteiger partial charge on any atom is 0.135 e. The van der Waals surface area contributed by atoms with Crippen molar-refractivity contribution >= 4 is 15.9 Å². The molecule has 1 aromatic heterocycles. The van der Waals surface area contributed by atoms with E-state index < -0.39 is 0 Å². The van der Waals surface area contributed by atoms with E-state index >= 15 is 0 Å². The zero-order valence-corrected chi connectivity index (χ0v) is 15.9. The largest absolute Gasteiger partial charge is 0.379 e. The number of aryl methyl sites for hydroxylation is 1. The molecule has 1 unspecified atom stereocenters. The second-order valence-corrected chi connectivity index (χ2v) is 6.46. The van der Waals surface area contributed by atoms with Crippen molar-refractivity contribution in [2.75, 3.05) is 19.8 Å². The Labute approximate surface area is 152 Å². The van der Waals surface area contributed by atoms with Crippen molar-refractivity contribution in [3.05, 3.63) is 52.5 Å². The molecular weight excluding hydrogens is 372 g/mol. The van der Waals surface area contributed by atoms with Crippen LogP contribution in [0.1, 0.15) is 24.7 Å². The van der Waals surface area contributed by atoms with Crippen LogP contribution in [0.5, 0.6) is 0 Å². The van der Waals surface area contributed by atoms with E-state index in [0.29, 0.717) is 33.0 Å². The van der Waals surface area contributed by atoms with E-state index in [1.165, 1.54) is 5.56 Å². The Balaban J connectivity index is 1.46. The second kappa shape index (κ2) is 10.6. The van der Waals surface area contributed by atoms with Crippen LogP contribution in [0.3, 0.4) is 0 Å². The number of halogens is 1. The molecule has 0 aliphatic heterocycles. The summed E-state index contributed by atoms with van der Waals surface area (Å²) >= 11 is 3.34. The lowest BCUT2D eigenvalue weighted by molar-refractivity contribution is 0.00346. The summed E-state index contributed by atoms with van der Waals surface area (Å²) in [6, 6.07) is 10.2. The van der Waals surface area contributed by atoms with Gasteiger partial charge in [-0.3, -0.25) is 0 Å². The third kappa shape index (κ3) is 7.13. The van der Waals surface area contributed by atoms with Gasteiger partial charge in [-0.05, 0) is 34.8 Å². The van der Waals surface area contributed by atoms with Gasteiger partial charge in [-0.2, -0.15) is 0 Å². The first-order chi connectivity index (χ1) is 11.6. The maximum atomic E-state index is 5.80. The van der Waals surface area contributed by atoms with Crippen LogP contribution in [0.4, 0.5) is 0 Å². The van der Waals surface area contributed by atoms with E-state index in [-0.39, 0.29) is 6.10 Å². The predicted octanol–water partition coefficient (Wildman–Crippen LogP) is 3.71. The fraction of sp³-hybridized carbons (Fsp3) is 0.500. The van der Waals surface area contributed by atoms with Gasteiger partial charge in [0.15, 0.2) is 0 Å². The highest BCUT2D eigenvalue weighted by Crippen LogP contribution is 2.09. The zero-order valence-electron chi connectivity index (χ0n) is 14.3. The number of ether oxygens (including phenoxy) is 3. The lowest BCUT2D eigenvalue weighted by Crippen LogP contribution is -2.13. The highest BCUT2D eigenvalue weighted by atomic mass is 79.9. The molecule has 0 amide bonds. The van der Waals surface area contributed by atoms with Gasteiger partial charge in [-0.25, -0.2) is 4.98 Å². The number of hydrogen-bond donors (Lipinski definition) is 0. The fourth-order valence-electron chi connectivity index (χ4n) is 2.13. The molecule has 0 aliphatic rings. The third-order valence-electron chi connectivity index (χ3n) is 3.59. The van der Waals surface area contributed by atoms with Crippen LogP contribution < -0.4 is 0 Å². The molecular formula is C18H25BrN2O3. The van der Waals surface area contributed by atoms with Crippen molar-refractivity contribution in [3.63, 3.8) is 0 Å². The Morgan fingerprint density at radius 1 is 1.08 bits per heavy atom. The molecule has 0 aliphatic carbocycles. The number of benzene rings is 1. The van der Waals surface area contributed by atoms with E-state index in [1.54, 1.807) is 0 Å². The SMILES string of the molecule is CC(CCOCCOCc1nc(Br)cn1C)OCc1ccccc1. The number of rotatable bonds is 11. The molecule has 2 rings (SSSR count). The molecule has 2 aromatic rings. The highest BCUT2D eigenvalue weighted by Gasteiger charge is 2.04. The van der Waals surface area contributed by atoms with Crippen LogP contribution >= 0.6 is 15.9 Å². The number of aromatic nitrogens is 2. The molecule has 1 aromatic carbocycles. The molecule has 0 fully saturated rings. The lowest BCUT2D eigenvalue weighted by atomic mass is 10.2. The first-order valence-corrected chi connectivity index (χ1v) is 8.93. The number of imidazole rings is 1. The van der Waals surface area contributed by atoms with Crippen LogP contribution in [0.25, 0.3) is 0 Å². The normalized spacial score (nSPS) is 12.5. The van der Waals surface area contributed by atoms with Gasteiger partial charge in [0, 0.05) is 19.9 Å². The van der Waals surface area contributed by atoms with Crippen LogP contribution in [-0.4, -0.2) is 35.5 Å². The van der Waals surface area contributed by atoms with E-state index in [9.17, 15) is 0 Å². The Bertz CT molecular complexity index is 589. The number of hydrogen-bond acceptors (Lipinski definition) is 4. The van der Waals surface area contributed by atoms with Crippen molar-refractivity contribution in [3.8, 4) is 0 Å². The van der Waals surface area contributed by atoms with Crippen LogP contribution in [0.2, 0.25) is 0 Å². The summed E-state index contributed by atoms with van der Waals surface area (Å²) in [7, 11) is 1.95. The Morgan fingerprint density at radius 2 is 1.83 bits per heavy atom. The molecule has 132 valence electrons. The minimum absolute atomic E-state index is 0.177. The molecule has 0 N–H and O–H groups in total. The van der Waals surface area contributed by atoms with Gasteiger partial charge >= 0.3 is 0 Å². The van der Waals surface area contributed by atoms with Crippen LogP contribution in [0, 0.1) is 0 Å². The minimum atomic E-state index is 0.177. The Morgan fingerprint density at radius 3 is 2.54 bits per heavy atom.